The zero-order chi connectivity index (χ0) is 19.6. The summed E-state index contributed by atoms with van der Waals surface area (Å²) in [6.07, 6.45) is 0. The summed E-state index contributed by atoms with van der Waals surface area (Å²) >= 11 is 5.96. The van der Waals surface area contributed by atoms with Crippen LogP contribution in [-0.2, 0) is 6.54 Å². The second kappa shape index (κ2) is 10.5. The van der Waals surface area contributed by atoms with E-state index in [0.29, 0.717) is 54.3 Å². The van der Waals surface area contributed by atoms with Crippen molar-refractivity contribution < 1.29 is 19.0 Å². The molecule has 0 fully saturated rings. The molecule has 2 amide bonds. The summed E-state index contributed by atoms with van der Waals surface area (Å²) in [5.41, 5.74) is 1.46. The van der Waals surface area contributed by atoms with E-state index in [9.17, 15) is 4.79 Å². The lowest BCUT2D eigenvalue weighted by atomic mass is 10.2. The summed E-state index contributed by atoms with van der Waals surface area (Å²) in [6, 6.07) is 10.4. The van der Waals surface area contributed by atoms with Crippen LogP contribution < -0.4 is 24.8 Å². The van der Waals surface area contributed by atoms with Crippen LogP contribution in [0, 0.1) is 0 Å². The second-order valence-corrected chi connectivity index (χ2v) is 5.97. The van der Waals surface area contributed by atoms with Gasteiger partial charge in [0.2, 0.25) is 5.75 Å². The van der Waals surface area contributed by atoms with Crippen molar-refractivity contribution in [2.45, 2.75) is 27.3 Å². The van der Waals surface area contributed by atoms with Crippen molar-refractivity contribution in [1.29, 1.82) is 0 Å². The highest BCUT2D eigenvalue weighted by Gasteiger charge is 2.16. The van der Waals surface area contributed by atoms with Crippen molar-refractivity contribution in [2.24, 2.45) is 0 Å². The number of hydrogen-bond acceptors (Lipinski definition) is 4. The molecule has 0 radical (unpaired) electrons. The van der Waals surface area contributed by atoms with E-state index in [0.717, 1.165) is 5.56 Å². The predicted molar refractivity (Wildman–Crippen MR) is 107 cm³/mol. The predicted octanol–water partition coefficient (Wildman–Crippen LogP) is 4.86. The highest BCUT2D eigenvalue weighted by molar-refractivity contribution is 6.30. The van der Waals surface area contributed by atoms with E-state index in [1.807, 2.05) is 32.9 Å². The Morgan fingerprint density at radius 2 is 1.59 bits per heavy atom. The van der Waals surface area contributed by atoms with Gasteiger partial charge in [-0.2, -0.15) is 0 Å². The molecule has 0 aromatic heterocycles. The summed E-state index contributed by atoms with van der Waals surface area (Å²) in [5.74, 6) is 1.58. The summed E-state index contributed by atoms with van der Waals surface area (Å²) in [6.45, 7) is 7.43. The zero-order valence-corrected chi connectivity index (χ0v) is 16.6. The van der Waals surface area contributed by atoms with Crippen molar-refractivity contribution in [1.82, 2.24) is 5.32 Å². The van der Waals surface area contributed by atoms with Gasteiger partial charge in [-0.25, -0.2) is 4.79 Å². The maximum Gasteiger partial charge on any atom is 0.319 e. The number of carbonyl (C=O) groups excluding carboxylic acids is 1. The third-order valence-corrected chi connectivity index (χ3v) is 3.74. The third-order valence-electron chi connectivity index (χ3n) is 3.51. The lowest BCUT2D eigenvalue weighted by Crippen LogP contribution is -2.28. The average molecular weight is 393 g/mol. The van der Waals surface area contributed by atoms with Gasteiger partial charge in [-0.3, -0.25) is 0 Å². The number of hydrogen-bond donors (Lipinski definition) is 2. The smallest absolute Gasteiger partial charge is 0.319 e. The minimum absolute atomic E-state index is 0.343. The lowest BCUT2D eigenvalue weighted by Gasteiger charge is -2.17. The van der Waals surface area contributed by atoms with Crippen LogP contribution in [0.25, 0.3) is 0 Å². The van der Waals surface area contributed by atoms with Crippen molar-refractivity contribution >= 4 is 23.3 Å². The first-order chi connectivity index (χ1) is 13.1. The van der Waals surface area contributed by atoms with E-state index >= 15 is 0 Å². The number of carbonyl (C=O) groups is 1. The summed E-state index contributed by atoms with van der Waals surface area (Å²) in [7, 11) is 0. The minimum atomic E-state index is -0.343. The van der Waals surface area contributed by atoms with Crippen LogP contribution in [0.15, 0.2) is 36.4 Å². The normalized spacial score (nSPS) is 10.2. The standard InChI is InChI=1S/C20H25ClN2O4/c1-4-25-17-11-16(12-18(26-5-2)19(17)27-6-3)23-20(24)22-13-14-8-7-9-15(21)10-14/h7-12H,4-6,13H2,1-3H3,(H2,22,23,24). The van der Waals surface area contributed by atoms with E-state index in [1.54, 1.807) is 24.3 Å². The summed E-state index contributed by atoms with van der Waals surface area (Å²) in [5, 5.41) is 6.22. The monoisotopic (exact) mass is 392 g/mol. The van der Waals surface area contributed by atoms with Gasteiger partial charge < -0.3 is 24.8 Å². The maximum atomic E-state index is 12.3. The first-order valence-electron chi connectivity index (χ1n) is 8.93. The molecule has 7 heteroatoms. The fourth-order valence-corrected chi connectivity index (χ4v) is 2.68. The molecule has 0 heterocycles. The molecule has 0 atom stereocenters. The largest absolute Gasteiger partial charge is 0.490 e. The topological polar surface area (TPSA) is 68.8 Å². The molecule has 0 unspecified atom stereocenters. The van der Waals surface area contributed by atoms with Crippen molar-refractivity contribution in [3.05, 3.63) is 47.0 Å². The number of amides is 2. The Labute approximate surface area is 164 Å². The van der Waals surface area contributed by atoms with Gasteiger partial charge in [-0.1, -0.05) is 23.7 Å². The molecular formula is C20H25ClN2O4. The Morgan fingerprint density at radius 1 is 0.963 bits per heavy atom. The molecule has 2 aromatic carbocycles. The summed E-state index contributed by atoms with van der Waals surface area (Å²) in [4.78, 5) is 12.3. The van der Waals surface area contributed by atoms with Crippen LogP contribution in [0.2, 0.25) is 5.02 Å². The van der Waals surface area contributed by atoms with Gasteiger partial charge in [0.05, 0.1) is 25.5 Å². The number of ether oxygens (including phenoxy) is 3. The van der Waals surface area contributed by atoms with Gasteiger partial charge in [-0.05, 0) is 38.5 Å². The van der Waals surface area contributed by atoms with Crippen LogP contribution >= 0.6 is 11.6 Å². The number of rotatable bonds is 9. The summed E-state index contributed by atoms with van der Waals surface area (Å²) < 4.78 is 17.0. The molecule has 0 aliphatic carbocycles. The Bertz CT molecular complexity index is 740. The highest BCUT2D eigenvalue weighted by atomic mass is 35.5. The molecule has 0 aliphatic heterocycles. The number of benzene rings is 2. The SMILES string of the molecule is CCOc1cc(NC(=O)NCc2cccc(Cl)c2)cc(OCC)c1OCC. The van der Waals surface area contributed by atoms with Crippen molar-refractivity contribution in [2.75, 3.05) is 25.1 Å². The Morgan fingerprint density at radius 3 is 2.15 bits per heavy atom. The van der Waals surface area contributed by atoms with E-state index < -0.39 is 0 Å². The van der Waals surface area contributed by atoms with E-state index in [-0.39, 0.29) is 6.03 Å². The van der Waals surface area contributed by atoms with Crippen LogP contribution in [0.5, 0.6) is 17.2 Å². The van der Waals surface area contributed by atoms with Gasteiger partial charge >= 0.3 is 6.03 Å². The molecule has 2 rings (SSSR count). The van der Waals surface area contributed by atoms with Crippen LogP contribution in [0.3, 0.4) is 0 Å². The van der Waals surface area contributed by atoms with Crippen LogP contribution in [0.4, 0.5) is 10.5 Å². The van der Waals surface area contributed by atoms with Gasteiger partial charge in [0.25, 0.3) is 0 Å². The van der Waals surface area contributed by atoms with Crippen molar-refractivity contribution in [3.63, 3.8) is 0 Å². The molecular weight excluding hydrogens is 368 g/mol. The van der Waals surface area contributed by atoms with Gasteiger partial charge in [0.1, 0.15) is 0 Å². The molecule has 0 aliphatic rings. The van der Waals surface area contributed by atoms with Crippen molar-refractivity contribution in [3.8, 4) is 17.2 Å². The molecule has 0 bridgehead atoms. The van der Waals surface area contributed by atoms with E-state index in [4.69, 9.17) is 25.8 Å². The Kier molecular flexibility index (Phi) is 8.07. The highest BCUT2D eigenvalue weighted by Crippen LogP contribution is 2.40. The quantitative estimate of drug-likeness (QED) is 0.639. The molecule has 0 saturated carbocycles. The third kappa shape index (κ3) is 6.25. The molecule has 0 spiro atoms. The van der Waals surface area contributed by atoms with E-state index in [1.165, 1.54) is 0 Å². The Hall–Kier alpha value is -2.60. The molecule has 2 N–H and O–H groups in total. The second-order valence-electron chi connectivity index (χ2n) is 5.54. The van der Waals surface area contributed by atoms with Crippen LogP contribution in [0.1, 0.15) is 26.3 Å². The molecule has 0 saturated heterocycles. The minimum Gasteiger partial charge on any atom is -0.490 e. The maximum absolute atomic E-state index is 12.3. The average Bonchev–Trinajstić information content (AvgIpc) is 2.63. The number of urea groups is 1. The first kappa shape index (κ1) is 20.7. The van der Waals surface area contributed by atoms with Gasteiger partial charge in [0, 0.05) is 23.7 Å². The Balaban J connectivity index is 2.12. The van der Waals surface area contributed by atoms with Gasteiger partial charge in [-0.15, -0.1) is 0 Å². The molecule has 6 nitrogen and oxygen atoms in total. The molecule has 27 heavy (non-hydrogen) atoms. The van der Waals surface area contributed by atoms with Crippen LogP contribution in [-0.4, -0.2) is 25.9 Å². The lowest BCUT2D eigenvalue weighted by molar-refractivity contribution is 0.251. The number of anilines is 1. The molecule has 2 aromatic rings. The van der Waals surface area contributed by atoms with Gasteiger partial charge in [0.15, 0.2) is 11.5 Å². The fourth-order valence-electron chi connectivity index (χ4n) is 2.47. The number of halogens is 1. The first-order valence-corrected chi connectivity index (χ1v) is 9.30. The van der Waals surface area contributed by atoms with E-state index in [2.05, 4.69) is 10.6 Å². The molecule has 146 valence electrons. The fraction of sp³-hybridized carbons (Fsp3) is 0.350. The number of nitrogens with one attached hydrogen (secondary N) is 2. The zero-order valence-electron chi connectivity index (χ0n) is 15.8.